The molecule has 92 valence electrons. The molecule has 1 aromatic rings. The van der Waals surface area contributed by atoms with Crippen LogP contribution in [0, 0.1) is 9.49 Å². The summed E-state index contributed by atoms with van der Waals surface area (Å²) in [6.07, 6.45) is 4.78. The molecule has 0 spiro atoms. The number of hydrogen-bond donors (Lipinski definition) is 1. The van der Waals surface area contributed by atoms with Crippen LogP contribution in [0.15, 0.2) is 24.3 Å². The fourth-order valence-corrected chi connectivity index (χ4v) is 3.01. The van der Waals surface area contributed by atoms with Gasteiger partial charge in [0.05, 0.1) is 0 Å². The Morgan fingerprint density at radius 3 is 2.94 bits per heavy atom. The molecule has 1 saturated carbocycles. The molecule has 1 aliphatic rings. The van der Waals surface area contributed by atoms with Crippen molar-refractivity contribution in [3.8, 4) is 0 Å². The number of amides is 1. The van der Waals surface area contributed by atoms with Gasteiger partial charge in [-0.3, -0.25) is 4.79 Å². The summed E-state index contributed by atoms with van der Waals surface area (Å²) < 4.78 is 1.10. The van der Waals surface area contributed by atoms with Gasteiger partial charge in [0, 0.05) is 15.2 Å². The number of carbonyl (C=O) groups excluding carboxylic acids is 1. The van der Waals surface area contributed by atoms with Crippen LogP contribution in [-0.2, 0) is 0 Å². The van der Waals surface area contributed by atoms with Crippen LogP contribution in [0.2, 0.25) is 0 Å². The van der Waals surface area contributed by atoms with E-state index in [1.807, 2.05) is 24.3 Å². The van der Waals surface area contributed by atoms with E-state index in [0.717, 1.165) is 27.9 Å². The number of rotatable bonds is 2. The van der Waals surface area contributed by atoms with Crippen molar-refractivity contribution in [2.24, 2.45) is 5.92 Å². The smallest absolute Gasteiger partial charge is 0.251 e. The first kappa shape index (κ1) is 12.9. The average molecular weight is 343 g/mol. The minimum atomic E-state index is 0.0719. The SMILES string of the molecule is CC1CCCC(NC(=O)c2cccc(I)c2)C1. The van der Waals surface area contributed by atoms with Crippen LogP contribution in [0.1, 0.15) is 43.0 Å². The van der Waals surface area contributed by atoms with E-state index in [9.17, 15) is 4.79 Å². The van der Waals surface area contributed by atoms with E-state index in [1.54, 1.807) is 0 Å². The minimum absolute atomic E-state index is 0.0719. The molecule has 0 saturated heterocycles. The molecule has 2 rings (SSSR count). The maximum absolute atomic E-state index is 12.1. The first-order valence-electron chi connectivity index (χ1n) is 6.21. The zero-order valence-corrected chi connectivity index (χ0v) is 12.2. The Balaban J connectivity index is 1.97. The normalized spacial score (nSPS) is 24.4. The molecule has 0 heterocycles. The summed E-state index contributed by atoms with van der Waals surface area (Å²) in [5, 5.41) is 3.15. The predicted octanol–water partition coefficient (Wildman–Crippen LogP) is 3.60. The summed E-state index contributed by atoms with van der Waals surface area (Å²) in [5.41, 5.74) is 0.773. The molecule has 1 N–H and O–H groups in total. The lowest BCUT2D eigenvalue weighted by Crippen LogP contribution is -2.37. The van der Waals surface area contributed by atoms with Gasteiger partial charge in [0.2, 0.25) is 0 Å². The largest absolute Gasteiger partial charge is 0.349 e. The van der Waals surface area contributed by atoms with Gasteiger partial charge in [0.1, 0.15) is 0 Å². The van der Waals surface area contributed by atoms with E-state index in [2.05, 4.69) is 34.8 Å². The maximum atomic E-state index is 12.1. The Bertz CT molecular complexity index is 405. The van der Waals surface area contributed by atoms with Crippen molar-refractivity contribution in [2.45, 2.75) is 38.6 Å². The topological polar surface area (TPSA) is 29.1 Å². The van der Waals surface area contributed by atoms with Crippen molar-refractivity contribution in [3.63, 3.8) is 0 Å². The van der Waals surface area contributed by atoms with E-state index in [0.29, 0.717) is 6.04 Å². The second-order valence-electron chi connectivity index (χ2n) is 4.95. The summed E-state index contributed by atoms with van der Waals surface area (Å²) in [7, 11) is 0. The molecule has 3 heteroatoms. The van der Waals surface area contributed by atoms with Crippen molar-refractivity contribution < 1.29 is 4.79 Å². The molecule has 1 aromatic carbocycles. The number of hydrogen-bond acceptors (Lipinski definition) is 1. The number of nitrogens with one attached hydrogen (secondary N) is 1. The van der Waals surface area contributed by atoms with Gasteiger partial charge in [0.15, 0.2) is 0 Å². The van der Waals surface area contributed by atoms with Gasteiger partial charge in [-0.2, -0.15) is 0 Å². The molecule has 1 fully saturated rings. The molecule has 2 nitrogen and oxygen atoms in total. The van der Waals surface area contributed by atoms with Crippen molar-refractivity contribution in [1.82, 2.24) is 5.32 Å². The van der Waals surface area contributed by atoms with Crippen molar-refractivity contribution in [2.75, 3.05) is 0 Å². The quantitative estimate of drug-likeness (QED) is 0.817. The van der Waals surface area contributed by atoms with Crippen LogP contribution < -0.4 is 5.32 Å². The summed E-state index contributed by atoms with van der Waals surface area (Å²) in [6, 6.07) is 8.11. The molecule has 2 unspecified atom stereocenters. The summed E-state index contributed by atoms with van der Waals surface area (Å²) in [6.45, 7) is 2.27. The maximum Gasteiger partial charge on any atom is 0.251 e. The van der Waals surface area contributed by atoms with E-state index in [1.165, 1.54) is 12.8 Å². The van der Waals surface area contributed by atoms with Crippen LogP contribution in [0.3, 0.4) is 0 Å². The minimum Gasteiger partial charge on any atom is -0.349 e. The van der Waals surface area contributed by atoms with Crippen LogP contribution in [0.5, 0.6) is 0 Å². The van der Waals surface area contributed by atoms with E-state index >= 15 is 0 Å². The molecular weight excluding hydrogens is 325 g/mol. The van der Waals surface area contributed by atoms with Gasteiger partial charge in [-0.1, -0.05) is 25.8 Å². The molecule has 0 radical (unpaired) electrons. The average Bonchev–Trinajstić information content (AvgIpc) is 2.29. The zero-order chi connectivity index (χ0) is 12.3. The second-order valence-corrected chi connectivity index (χ2v) is 6.20. The third-order valence-electron chi connectivity index (χ3n) is 3.36. The van der Waals surface area contributed by atoms with E-state index in [-0.39, 0.29) is 5.91 Å². The highest BCUT2D eigenvalue weighted by Gasteiger charge is 2.20. The Hall–Kier alpha value is -0.580. The van der Waals surface area contributed by atoms with Crippen LogP contribution in [-0.4, -0.2) is 11.9 Å². The Kier molecular flexibility index (Phi) is 4.42. The van der Waals surface area contributed by atoms with Crippen molar-refractivity contribution in [1.29, 1.82) is 0 Å². The molecule has 0 bridgehead atoms. The Morgan fingerprint density at radius 1 is 1.41 bits per heavy atom. The van der Waals surface area contributed by atoms with E-state index < -0.39 is 0 Å². The number of benzene rings is 1. The first-order valence-corrected chi connectivity index (χ1v) is 7.29. The third-order valence-corrected chi connectivity index (χ3v) is 4.03. The number of carbonyl (C=O) groups is 1. The second kappa shape index (κ2) is 5.85. The van der Waals surface area contributed by atoms with Gasteiger partial charge in [-0.25, -0.2) is 0 Å². The highest BCUT2D eigenvalue weighted by molar-refractivity contribution is 14.1. The van der Waals surface area contributed by atoms with Crippen molar-refractivity contribution in [3.05, 3.63) is 33.4 Å². The summed E-state index contributed by atoms with van der Waals surface area (Å²) in [4.78, 5) is 12.1. The van der Waals surface area contributed by atoms with E-state index in [4.69, 9.17) is 0 Å². The molecule has 2 atom stereocenters. The van der Waals surface area contributed by atoms with Crippen LogP contribution in [0.4, 0.5) is 0 Å². The molecule has 17 heavy (non-hydrogen) atoms. The Labute approximate surface area is 116 Å². The predicted molar refractivity (Wildman–Crippen MR) is 78.0 cm³/mol. The molecular formula is C14H18INO. The molecule has 1 aliphatic carbocycles. The standard InChI is InChI=1S/C14H18INO/c1-10-4-2-7-13(8-10)16-14(17)11-5-3-6-12(15)9-11/h3,5-6,9-10,13H,2,4,7-8H2,1H3,(H,16,17). The fourth-order valence-electron chi connectivity index (χ4n) is 2.46. The summed E-state index contributed by atoms with van der Waals surface area (Å²) >= 11 is 2.23. The lowest BCUT2D eigenvalue weighted by atomic mass is 9.87. The monoisotopic (exact) mass is 343 g/mol. The lowest BCUT2D eigenvalue weighted by Gasteiger charge is -2.27. The molecule has 1 amide bonds. The van der Waals surface area contributed by atoms with Gasteiger partial charge >= 0.3 is 0 Å². The summed E-state index contributed by atoms with van der Waals surface area (Å²) in [5.74, 6) is 0.813. The zero-order valence-electron chi connectivity index (χ0n) is 10.1. The van der Waals surface area contributed by atoms with Gasteiger partial charge in [-0.05, 0) is 59.5 Å². The Morgan fingerprint density at radius 2 is 2.24 bits per heavy atom. The van der Waals surface area contributed by atoms with Crippen molar-refractivity contribution >= 4 is 28.5 Å². The molecule has 0 aromatic heterocycles. The first-order chi connectivity index (χ1) is 8.15. The fraction of sp³-hybridized carbons (Fsp3) is 0.500. The highest BCUT2D eigenvalue weighted by atomic mass is 127. The number of halogens is 1. The molecule has 0 aliphatic heterocycles. The van der Waals surface area contributed by atoms with Gasteiger partial charge in [0.25, 0.3) is 5.91 Å². The van der Waals surface area contributed by atoms with Gasteiger partial charge < -0.3 is 5.32 Å². The third kappa shape index (κ3) is 3.69. The van der Waals surface area contributed by atoms with Crippen LogP contribution in [0.25, 0.3) is 0 Å². The van der Waals surface area contributed by atoms with Gasteiger partial charge in [-0.15, -0.1) is 0 Å². The van der Waals surface area contributed by atoms with Crippen LogP contribution >= 0.6 is 22.6 Å². The lowest BCUT2D eigenvalue weighted by molar-refractivity contribution is 0.0921. The highest BCUT2D eigenvalue weighted by Crippen LogP contribution is 2.23.